The molecule has 1 amide bonds. The Hall–Kier alpha value is -3.95. The minimum atomic E-state index is -0.986. The molecule has 0 saturated heterocycles. The molecule has 10 heteroatoms. The van der Waals surface area contributed by atoms with Crippen LogP contribution in [0.25, 0.3) is 0 Å². The van der Waals surface area contributed by atoms with Gasteiger partial charge in [0.15, 0.2) is 0 Å². The zero-order valence-electron chi connectivity index (χ0n) is 16.9. The maximum atomic E-state index is 12.2. The maximum absolute atomic E-state index is 12.2. The van der Waals surface area contributed by atoms with Crippen LogP contribution >= 0.6 is 0 Å². The van der Waals surface area contributed by atoms with Gasteiger partial charge >= 0.3 is 5.97 Å². The lowest BCUT2D eigenvalue weighted by Crippen LogP contribution is -2.26. The van der Waals surface area contributed by atoms with Crippen LogP contribution in [0.3, 0.4) is 0 Å². The first kappa shape index (κ1) is 20.8. The molecule has 156 valence electrons. The highest BCUT2D eigenvalue weighted by Crippen LogP contribution is 2.37. The number of amides is 1. The normalized spacial score (nSPS) is 15.3. The second-order valence-electron chi connectivity index (χ2n) is 6.73. The van der Waals surface area contributed by atoms with E-state index in [1.165, 1.54) is 19.9 Å². The number of nitro benzene ring substituents is 1. The first-order valence-electron chi connectivity index (χ1n) is 8.97. The summed E-state index contributed by atoms with van der Waals surface area (Å²) in [5.74, 6) is -0.661. The number of hydrazone groups is 1. The average Bonchev–Trinajstić information content (AvgIpc) is 3.13. The molecule has 1 unspecified atom stereocenters. The predicted molar refractivity (Wildman–Crippen MR) is 108 cm³/mol. The van der Waals surface area contributed by atoms with Crippen molar-refractivity contribution in [1.82, 2.24) is 5.01 Å². The molecular weight excluding hydrogens is 392 g/mol. The number of hydrogen-bond donors (Lipinski definition) is 0. The van der Waals surface area contributed by atoms with Gasteiger partial charge in [-0.05, 0) is 24.3 Å². The monoisotopic (exact) mass is 412 g/mol. The van der Waals surface area contributed by atoms with E-state index in [4.69, 9.17) is 9.47 Å². The quantitative estimate of drug-likeness (QED) is 0.321. The number of hydrogen-bond acceptors (Lipinski definition) is 8. The van der Waals surface area contributed by atoms with E-state index in [-0.39, 0.29) is 17.3 Å². The number of ether oxygens (including phenoxy) is 2. The molecule has 1 heterocycles. The van der Waals surface area contributed by atoms with E-state index in [0.717, 1.165) is 5.01 Å². The first-order valence-corrected chi connectivity index (χ1v) is 8.97. The molecule has 0 aromatic heterocycles. The zero-order chi connectivity index (χ0) is 22.0. The van der Waals surface area contributed by atoms with Crippen LogP contribution in [0.15, 0.2) is 47.6 Å². The third kappa shape index (κ3) is 4.07. The first-order chi connectivity index (χ1) is 14.2. The van der Waals surface area contributed by atoms with Crippen LogP contribution in [-0.4, -0.2) is 41.8 Å². The standard InChI is InChI=1S/C20H20N4O6/c1-12(25)23-20(15-7-5-6-8-18(15)29-13(2)26)30-19(21-23)14-9-10-16(22(3)4)17(11-14)24(27)28/h5-11,20H,1-4H3. The fraction of sp³-hybridized carbons (Fsp3) is 0.250. The summed E-state index contributed by atoms with van der Waals surface area (Å²) in [4.78, 5) is 36.2. The molecule has 0 spiro atoms. The molecule has 0 bridgehead atoms. The molecule has 2 aromatic rings. The molecular formula is C20H20N4O6. The second-order valence-corrected chi connectivity index (χ2v) is 6.73. The maximum Gasteiger partial charge on any atom is 0.308 e. The molecule has 1 aliphatic rings. The van der Waals surface area contributed by atoms with Gasteiger partial charge in [0, 0.05) is 39.6 Å². The van der Waals surface area contributed by atoms with Crippen LogP contribution in [0.1, 0.15) is 31.2 Å². The summed E-state index contributed by atoms with van der Waals surface area (Å²) in [5.41, 5.74) is 1.05. The Bertz CT molecular complexity index is 1050. The van der Waals surface area contributed by atoms with E-state index in [9.17, 15) is 19.7 Å². The van der Waals surface area contributed by atoms with Gasteiger partial charge < -0.3 is 14.4 Å². The minimum absolute atomic E-state index is 0.0428. The van der Waals surface area contributed by atoms with Crippen LogP contribution in [0, 0.1) is 10.1 Å². The molecule has 1 atom stereocenters. The Morgan fingerprint density at radius 3 is 2.50 bits per heavy atom. The van der Waals surface area contributed by atoms with Crippen LogP contribution in [0.2, 0.25) is 0 Å². The summed E-state index contributed by atoms with van der Waals surface area (Å²) in [6.45, 7) is 2.58. The Balaban J connectivity index is 2.02. The van der Waals surface area contributed by atoms with Crippen molar-refractivity contribution >= 4 is 29.1 Å². The largest absolute Gasteiger partial charge is 0.446 e. The topological polar surface area (TPSA) is 115 Å². The van der Waals surface area contributed by atoms with E-state index in [2.05, 4.69) is 5.10 Å². The van der Waals surface area contributed by atoms with E-state index in [1.54, 1.807) is 55.4 Å². The summed E-state index contributed by atoms with van der Waals surface area (Å²) in [5, 5.41) is 16.8. The third-order valence-electron chi connectivity index (χ3n) is 4.31. The lowest BCUT2D eigenvalue weighted by molar-refractivity contribution is -0.384. The summed E-state index contributed by atoms with van der Waals surface area (Å²) < 4.78 is 11.1. The smallest absolute Gasteiger partial charge is 0.308 e. The van der Waals surface area contributed by atoms with Gasteiger partial charge in [-0.15, -0.1) is 5.10 Å². The number of anilines is 1. The molecule has 0 N–H and O–H groups in total. The minimum Gasteiger partial charge on any atom is -0.446 e. The Labute approximate surface area is 172 Å². The molecule has 3 rings (SSSR count). The number of nitro groups is 1. The van der Waals surface area contributed by atoms with Gasteiger partial charge in [0.05, 0.1) is 10.5 Å². The van der Waals surface area contributed by atoms with E-state index >= 15 is 0 Å². The van der Waals surface area contributed by atoms with Crippen molar-refractivity contribution in [2.75, 3.05) is 19.0 Å². The molecule has 0 saturated carbocycles. The molecule has 1 aliphatic heterocycles. The summed E-state index contributed by atoms with van der Waals surface area (Å²) in [6, 6.07) is 11.2. The van der Waals surface area contributed by atoms with Crippen molar-refractivity contribution in [3.63, 3.8) is 0 Å². The molecule has 0 fully saturated rings. The fourth-order valence-electron chi connectivity index (χ4n) is 3.00. The lowest BCUT2D eigenvalue weighted by Gasteiger charge is -2.21. The van der Waals surface area contributed by atoms with E-state index in [0.29, 0.717) is 16.8 Å². The Morgan fingerprint density at radius 1 is 1.20 bits per heavy atom. The van der Waals surface area contributed by atoms with Crippen molar-refractivity contribution in [3.8, 4) is 5.75 Å². The number of para-hydroxylation sites is 1. The zero-order valence-corrected chi connectivity index (χ0v) is 16.9. The number of esters is 1. The highest BCUT2D eigenvalue weighted by molar-refractivity contribution is 5.97. The summed E-state index contributed by atoms with van der Waals surface area (Å²) in [7, 11) is 3.40. The lowest BCUT2D eigenvalue weighted by atomic mass is 10.1. The van der Waals surface area contributed by atoms with Crippen molar-refractivity contribution in [3.05, 3.63) is 63.7 Å². The number of rotatable bonds is 5. The van der Waals surface area contributed by atoms with Gasteiger partial charge in [-0.25, -0.2) is 0 Å². The fourth-order valence-corrected chi connectivity index (χ4v) is 3.00. The number of carbonyl (C=O) groups excluding carboxylic acids is 2. The molecule has 0 aliphatic carbocycles. The van der Waals surface area contributed by atoms with Crippen molar-refractivity contribution in [1.29, 1.82) is 0 Å². The van der Waals surface area contributed by atoms with Crippen molar-refractivity contribution < 1.29 is 24.0 Å². The highest BCUT2D eigenvalue weighted by Gasteiger charge is 2.36. The van der Waals surface area contributed by atoms with Gasteiger partial charge in [-0.2, -0.15) is 5.01 Å². The summed E-state index contributed by atoms with van der Waals surface area (Å²) >= 11 is 0. The van der Waals surface area contributed by atoms with Crippen molar-refractivity contribution in [2.24, 2.45) is 5.10 Å². The van der Waals surface area contributed by atoms with Crippen LogP contribution < -0.4 is 9.64 Å². The average molecular weight is 412 g/mol. The van der Waals surface area contributed by atoms with Crippen molar-refractivity contribution in [2.45, 2.75) is 20.1 Å². The van der Waals surface area contributed by atoms with Crippen LogP contribution in [0.4, 0.5) is 11.4 Å². The SMILES string of the molecule is CC(=O)Oc1ccccc1C1OC(c2ccc(N(C)C)c([N+](=O)[O-])c2)=NN1C(C)=O. The molecule has 0 radical (unpaired) electrons. The molecule has 2 aromatic carbocycles. The van der Waals surface area contributed by atoms with Crippen LogP contribution in [-0.2, 0) is 14.3 Å². The van der Waals surface area contributed by atoms with Gasteiger partial charge in [0.25, 0.3) is 5.69 Å². The Morgan fingerprint density at radius 2 is 1.90 bits per heavy atom. The number of carbonyl (C=O) groups is 2. The van der Waals surface area contributed by atoms with Crippen LogP contribution in [0.5, 0.6) is 5.75 Å². The number of nitrogens with zero attached hydrogens (tertiary/aromatic N) is 4. The van der Waals surface area contributed by atoms with Gasteiger partial charge in [-0.3, -0.25) is 19.7 Å². The van der Waals surface area contributed by atoms with Gasteiger partial charge in [0.1, 0.15) is 11.4 Å². The predicted octanol–water partition coefficient (Wildman–Crippen LogP) is 2.83. The third-order valence-corrected chi connectivity index (χ3v) is 4.31. The highest BCUT2D eigenvalue weighted by atomic mass is 16.6. The Kier molecular flexibility index (Phi) is 5.67. The van der Waals surface area contributed by atoms with E-state index in [1.807, 2.05) is 0 Å². The number of benzene rings is 2. The second kappa shape index (κ2) is 8.19. The molecule has 10 nitrogen and oxygen atoms in total. The summed E-state index contributed by atoms with van der Waals surface area (Å²) in [6.07, 6.45) is -0.986. The molecule has 30 heavy (non-hydrogen) atoms. The van der Waals surface area contributed by atoms with Gasteiger partial charge in [0.2, 0.25) is 18.0 Å². The van der Waals surface area contributed by atoms with E-state index < -0.39 is 23.0 Å². The van der Waals surface area contributed by atoms with Gasteiger partial charge in [-0.1, -0.05) is 12.1 Å².